The van der Waals surface area contributed by atoms with Crippen molar-refractivity contribution >= 4 is 12.4 Å². The average molecular weight is 333 g/mol. The van der Waals surface area contributed by atoms with E-state index in [0.29, 0.717) is 25.7 Å². The summed E-state index contributed by atoms with van der Waals surface area (Å²) in [5.74, 6) is 5.22. The molecule has 0 heterocycles. The molecule has 0 saturated heterocycles. The number of aromatic hydroxyl groups is 2. The molecule has 0 bridgehead atoms. The van der Waals surface area contributed by atoms with E-state index in [1.165, 1.54) is 13.0 Å². The number of unbranched alkanes of at least 4 members (excludes halogenated alkanes) is 1. The van der Waals surface area contributed by atoms with E-state index in [-0.39, 0.29) is 28.2 Å². The summed E-state index contributed by atoms with van der Waals surface area (Å²) in [5, 5.41) is 22.1. The molecule has 0 fully saturated rings. The normalized spacial score (nSPS) is 10.5. The molecule has 24 heavy (non-hydrogen) atoms. The Morgan fingerprint density at radius 2 is 2.04 bits per heavy atom. The smallest absolute Gasteiger partial charge is 0.407 e. The SMILES string of the molecule is Cc1c(O)cc(C#CCCCNC(=O)OC(C)(C)C)c(C=O)c1O. The van der Waals surface area contributed by atoms with Crippen LogP contribution in [0.3, 0.4) is 0 Å². The van der Waals surface area contributed by atoms with E-state index in [9.17, 15) is 19.8 Å². The van der Waals surface area contributed by atoms with E-state index < -0.39 is 11.7 Å². The molecular weight excluding hydrogens is 310 g/mol. The largest absolute Gasteiger partial charge is 0.507 e. The summed E-state index contributed by atoms with van der Waals surface area (Å²) >= 11 is 0. The van der Waals surface area contributed by atoms with Gasteiger partial charge < -0.3 is 20.3 Å². The third kappa shape index (κ3) is 5.84. The predicted molar refractivity (Wildman–Crippen MR) is 90.2 cm³/mol. The van der Waals surface area contributed by atoms with E-state index >= 15 is 0 Å². The number of ether oxygens (including phenoxy) is 1. The molecule has 1 amide bonds. The lowest BCUT2D eigenvalue weighted by molar-refractivity contribution is 0.0527. The predicted octanol–water partition coefficient (Wildman–Crippen LogP) is 2.88. The van der Waals surface area contributed by atoms with Gasteiger partial charge in [0, 0.05) is 24.1 Å². The fourth-order valence-corrected chi connectivity index (χ4v) is 1.84. The fourth-order valence-electron chi connectivity index (χ4n) is 1.84. The Hall–Kier alpha value is -2.68. The number of phenolic OH excluding ortho intramolecular Hbond substituents is 2. The molecular formula is C18H23NO5. The van der Waals surface area contributed by atoms with E-state index in [4.69, 9.17) is 4.74 Å². The van der Waals surface area contributed by atoms with Crippen LogP contribution >= 0.6 is 0 Å². The molecule has 6 heteroatoms. The number of carbonyl (C=O) groups excluding carboxylic acids is 2. The summed E-state index contributed by atoms with van der Waals surface area (Å²) < 4.78 is 5.10. The number of amides is 1. The molecule has 0 aliphatic rings. The standard InChI is InChI=1S/C18H23NO5/c1-12-15(21)10-13(14(11-20)16(12)22)8-6-5-7-9-19-17(23)24-18(2,3)4/h10-11,21-22H,5,7,9H2,1-4H3,(H,19,23). The Balaban J connectivity index is 2.56. The second-order valence-corrected chi connectivity index (χ2v) is 6.28. The zero-order valence-corrected chi connectivity index (χ0v) is 14.4. The Bertz CT molecular complexity index is 677. The highest BCUT2D eigenvalue weighted by Gasteiger charge is 2.15. The third-order valence-electron chi connectivity index (χ3n) is 3.05. The molecule has 1 rings (SSSR count). The van der Waals surface area contributed by atoms with Crippen molar-refractivity contribution in [3.8, 4) is 23.3 Å². The fraction of sp³-hybridized carbons (Fsp3) is 0.444. The molecule has 0 aliphatic heterocycles. The highest BCUT2D eigenvalue weighted by molar-refractivity contribution is 5.85. The number of hydrogen-bond donors (Lipinski definition) is 3. The first-order valence-corrected chi connectivity index (χ1v) is 7.62. The van der Waals surface area contributed by atoms with Crippen LogP contribution in [0.5, 0.6) is 11.5 Å². The van der Waals surface area contributed by atoms with Crippen molar-refractivity contribution in [2.24, 2.45) is 0 Å². The lowest BCUT2D eigenvalue weighted by Gasteiger charge is -2.19. The van der Waals surface area contributed by atoms with Crippen molar-refractivity contribution in [3.63, 3.8) is 0 Å². The minimum Gasteiger partial charge on any atom is -0.507 e. The van der Waals surface area contributed by atoms with Crippen LogP contribution in [0.2, 0.25) is 0 Å². The maximum atomic E-state index is 11.4. The molecule has 1 aromatic carbocycles. The quantitative estimate of drug-likeness (QED) is 0.447. The molecule has 6 nitrogen and oxygen atoms in total. The van der Waals surface area contributed by atoms with Crippen LogP contribution in [0.1, 0.15) is 55.1 Å². The van der Waals surface area contributed by atoms with E-state index in [1.54, 1.807) is 20.8 Å². The monoisotopic (exact) mass is 333 g/mol. The van der Waals surface area contributed by atoms with Gasteiger partial charge in [0.05, 0.1) is 5.56 Å². The van der Waals surface area contributed by atoms with Gasteiger partial charge >= 0.3 is 6.09 Å². The van der Waals surface area contributed by atoms with Gasteiger partial charge in [0.1, 0.15) is 17.1 Å². The highest BCUT2D eigenvalue weighted by Crippen LogP contribution is 2.31. The number of alkyl carbamates (subject to hydrolysis) is 1. The molecule has 130 valence electrons. The Morgan fingerprint density at radius 3 is 2.62 bits per heavy atom. The maximum absolute atomic E-state index is 11.4. The van der Waals surface area contributed by atoms with Gasteiger partial charge in [-0.2, -0.15) is 0 Å². The molecule has 0 spiro atoms. The van der Waals surface area contributed by atoms with Gasteiger partial charge in [-0.25, -0.2) is 4.79 Å². The summed E-state index contributed by atoms with van der Waals surface area (Å²) in [6.07, 6.45) is 1.11. The lowest BCUT2D eigenvalue weighted by atomic mass is 10.0. The van der Waals surface area contributed by atoms with Crippen molar-refractivity contribution < 1.29 is 24.5 Å². The van der Waals surface area contributed by atoms with E-state index in [1.807, 2.05) is 0 Å². The third-order valence-corrected chi connectivity index (χ3v) is 3.05. The first-order chi connectivity index (χ1) is 11.2. The van der Waals surface area contributed by atoms with Gasteiger partial charge in [0.2, 0.25) is 0 Å². The molecule has 0 unspecified atom stereocenters. The molecule has 1 aromatic rings. The van der Waals surface area contributed by atoms with Gasteiger partial charge in [-0.05, 0) is 40.2 Å². The molecule has 0 aromatic heterocycles. The first kappa shape index (κ1) is 19.4. The van der Waals surface area contributed by atoms with Gasteiger partial charge in [0.25, 0.3) is 0 Å². The van der Waals surface area contributed by atoms with Gasteiger partial charge in [-0.3, -0.25) is 4.79 Å². The van der Waals surface area contributed by atoms with Gasteiger partial charge in [-0.1, -0.05) is 11.8 Å². The molecule has 0 aliphatic carbocycles. The van der Waals surface area contributed by atoms with Crippen molar-refractivity contribution in [2.75, 3.05) is 6.54 Å². The number of hydrogen-bond acceptors (Lipinski definition) is 5. The van der Waals surface area contributed by atoms with Crippen molar-refractivity contribution in [1.29, 1.82) is 0 Å². The van der Waals surface area contributed by atoms with Crippen LogP contribution in [0.15, 0.2) is 6.07 Å². The van der Waals surface area contributed by atoms with Gasteiger partial charge in [0.15, 0.2) is 6.29 Å². The molecule has 0 saturated carbocycles. The number of carbonyl (C=O) groups is 2. The van der Waals surface area contributed by atoms with Crippen LogP contribution in [-0.4, -0.2) is 34.7 Å². The second-order valence-electron chi connectivity index (χ2n) is 6.28. The van der Waals surface area contributed by atoms with E-state index in [0.717, 1.165) is 0 Å². The van der Waals surface area contributed by atoms with Crippen LogP contribution in [-0.2, 0) is 4.74 Å². The molecule has 0 radical (unpaired) electrons. The van der Waals surface area contributed by atoms with Crippen molar-refractivity contribution in [2.45, 2.75) is 46.1 Å². The number of aldehydes is 1. The minimum atomic E-state index is -0.537. The summed E-state index contributed by atoms with van der Waals surface area (Å²) in [5.41, 5.74) is 0.0319. The summed E-state index contributed by atoms with van der Waals surface area (Å²) in [6, 6.07) is 1.35. The van der Waals surface area contributed by atoms with Crippen molar-refractivity contribution in [3.05, 3.63) is 22.8 Å². The summed E-state index contributed by atoms with van der Waals surface area (Å²) in [4.78, 5) is 22.5. The van der Waals surface area contributed by atoms with Crippen LogP contribution in [0.4, 0.5) is 4.79 Å². The zero-order valence-electron chi connectivity index (χ0n) is 14.4. The number of rotatable bonds is 4. The topological polar surface area (TPSA) is 95.9 Å². The molecule has 3 N–H and O–H groups in total. The summed E-state index contributed by atoms with van der Waals surface area (Å²) in [7, 11) is 0. The minimum absolute atomic E-state index is 0.0599. The van der Waals surface area contributed by atoms with Crippen LogP contribution in [0.25, 0.3) is 0 Å². The Labute approximate surface area is 141 Å². The first-order valence-electron chi connectivity index (χ1n) is 7.62. The number of phenols is 2. The van der Waals surface area contributed by atoms with Crippen molar-refractivity contribution in [1.82, 2.24) is 5.32 Å². The number of nitrogens with one attached hydrogen (secondary N) is 1. The maximum Gasteiger partial charge on any atom is 0.407 e. The Morgan fingerprint density at radius 1 is 1.38 bits per heavy atom. The van der Waals surface area contributed by atoms with Crippen LogP contribution < -0.4 is 5.32 Å². The average Bonchev–Trinajstić information content (AvgIpc) is 2.46. The lowest BCUT2D eigenvalue weighted by Crippen LogP contribution is -2.32. The summed E-state index contributed by atoms with van der Waals surface area (Å²) in [6.45, 7) is 7.28. The number of benzene rings is 1. The second kappa shape index (κ2) is 8.25. The Kier molecular flexibility index (Phi) is 6.66. The van der Waals surface area contributed by atoms with E-state index in [2.05, 4.69) is 17.2 Å². The highest BCUT2D eigenvalue weighted by atomic mass is 16.6. The zero-order chi connectivity index (χ0) is 18.3. The molecule has 0 atom stereocenters. The van der Waals surface area contributed by atoms with Crippen LogP contribution in [0, 0.1) is 18.8 Å². The van der Waals surface area contributed by atoms with Gasteiger partial charge in [-0.15, -0.1) is 0 Å².